The molecule has 2 N–H and O–H groups in total. The van der Waals surface area contributed by atoms with E-state index in [-0.39, 0.29) is 12.2 Å². The Morgan fingerprint density at radius 2 is 1.83 bits per heavy atom. The molecule has 0 aromatic carbocycles. The minimum atomic E-state index is -0.456. The van der Waals surface area contributed by atoms with Crippen molar-refractivity contribution in [1.29, 1.82) is 0 Å². The van der Waals surface area contributed by atoms with Crippen molar-refractivity contribution < 1.29 is 19.0 Å². The van der Waals surface area contributed by atoms with Gasteiger partial charge in [0, 0.05) is 26.3 Å². The van der Waals surface area contributed by atoms with E-state index in [9.17, 15) is 4.79 Å². The topological polar surface area (TPSA) is 68.8 Å². The number of hydrogen-bond donors (Lipinski definition) is 2. The molecule has 0 spiro atoms. The summed E-state index contributed by atoms with van der Waals surface area (Å²) >= 11 is 0. The molecule has 1 atom stereocenters. The molecule has 0 bridgehead atoms. The van der Waals surface area contributed by atoms with E-state index in [1.54, 1.807) is 7.11 Å². The Bertz CT molecular complexity index is 303. The average molecular weight is 332 g/mol. The van der Waals surface area contributed by atoms with Crippen LogP contribution in [0, 0.1) is 0 Å². The number of carbonyl (C=O) groups excluding carboxylic acids is 1. The standard InChI is InChI=1S/C17H36N2O4/c1-14(2)22-12-8-11-18-15(13-21-6)9-7-10-19-16(20)23-17(3,4)5/h14-15,18H,7-13H2,1-6H3,(H,19,20). The van der Waals surface area contributed by atoms with Crippen LogP contribution in [0.2, 0.25) is 0 Å². The first kappa shape index (κ1) is 22.1. The maximum Gasteiger partial charge on any atom is 0.407 e. The molecule has 0 aliphatic heterocycles. The van der Waals surface area contributed by atoms with E-state index in [4.69, 9.17) is 14.2 Å². The lowest BCUT2D eigenvalue weighted by molar-refractivity contribution is 0.0525. The first-order valence-corrected chi connectivity index (χ1v) is 8.55. The molecule has 0 aromatic rings. The van der Waals surface area contributed by atoms with E-state index in [1.807, 2.05) is 34.6 Å². The Hall–Kier alpha value is -0.850. The van der Waals surface area contributed by atoms with Gasteiger partial charge in [0.2, 0.25) is 0 Å². The lowest BCUT2D eigenvalue weighted by atomic mass is 10.1. The van der Waals surface area contributed by atoms with Gasteiger partial charge in [-0.05, 0) is 60.4 Å². The SMILES string of the molecule is COCC(CCCNC(=O)OC(C)(C)C)NCCCOC(C)C. The van der Waals surface area contributed by atoms with Crippen LogP contribution < -0.4 is 10.6 Å². The number of amides is 1. The summed E-state index contributed by atoms with van der Waals surface area (Å²) in [5, 5.41) is 6.25. The van der Waals surface area contributed by atoms with Gasteiger partial charge in [0.1, 0.15) is 5.60 Å². The van der Waals surface area contributed by atoms with E-state index in [2.05, 4.69) is 10.6 Å². The van der Waals surface area contributed by atoms with Crippen LogP contribution in [0.4, 0.5) is 4.79 Å². The van der Waals surface area contributed by atoms with Crippen LogP contribution in [-0.2, 0) is 14.2 Å². The van der Waals surface area contributed by atoms with E-state index in [0.29, 0.717) is 19.2 Å². The highest BCUT2D eigenvalue weighted by molar-refractivity contribution is 5.67. The van der Waals surface area contributed by atoms with E-state index in [0.717, 1.165) is 32.4 Å². The molecule has 0 aliphatic rings. The van der Waals surface area contributed by atoms with Crippen molar-refractivity contribution in [2.75, 3.05) is 33.4 Å². The Morgan fingerprint density at radius 3 is 2.39 bits per heavy atom. The fourth-order valence-electron chi connectivity index (χ4n) is 2.00. The smallest absolute Gasteiger partial charge is 0.407 e. The summed E-state index contributed by atoms with van der Waals surface area (Å²) in [7, 11) is 1.70. The van der Waals surface area contributed by atoms with Crippen LogP contribution in [0.25, 0.3) is 0 Å². The van der Waals surface area contributed by atoms with E-state index < -0.39 is 5.60 Å². The van der Waals surface area contributed by atoms with Gasteiger partial charge >= 0.3 is 6.09 Å². The number of alkyl carbamates (subject to hydrolysis) is 1. The monoisotopic (exact) mass is 332 g/mol. The van der Waals surface area contributed by atoms with Gasteiger partial charge in [-0.2, -0.15) is 0 Å². The van der Waals surface area contributed by atoms with Crippen molar-refractivity contribution >= 4 is 6.09 Å². The summed E-state index contributed by atoms with van der Waals surface area (Å²) in [5.74, 6) is 0. The predicted molar refractivity (Wildman–Crippen MR) is 92.8 cm³/mol. The third-order valence-corrected chi connectivity index (χ3v) is 2.97. The third kappa shape index (κ3) is 15.8. The summed E-state index contributed by atoms with van der Waals surface area (Å²) in [6, 6.07) is 0.291. The lowest BCUT2D eigenvalue weighted by Gasteiger charge is -2.20. The van der Waals surface area contributed by atoms with Gasteiger partial charge in [0.25, 0.3) is 0 Å². The molecule has 1 unspecified atom stereocenters. The largest absolute Gasteiger partial charge is 0.444 e. The summed E-state index contributed by atoms with van der Waals surface area (Å²) in [6.45, 7) is 12.6. The Morgan fingerprint density at radius 1 is 1.13 bits per heavy atom. The highest BCUT2D eigenvalue weighted by Gasteiger charge is 2.15. The highest BCUT2D eigenvalue weighted by Crippen LogP contribution is 2.06. The zero-order valence-corrected chi connectivity index (χ0v) is 15.7. The van der Waals surface area contributed by atoms with Crippen molar-refractivity contribution in [2.45, 2.75) is 71.6 Å². The maximum atomic E-state index is 11.5. The minimum Gasteiger partial charge on any atom is -0.444 e. The molecule has 6 nitrogen and oxygen atoms in total. The first-order valence-electron chi connectivity index (χ1n) is 8.55. The van der Waals surface area contributed by atoms with Gasteiger partial charge in [-0.25, -0.2) is 4.79 Å². The molecular formula is C17H36N2O4. The second-order valence-corrected chi connectivity index (χ2v) is 6.95. The van der Waals surface area contributed by atoms with Crippen molar-refractivity contribution in [3.63, 3.8) is 0 Å². The molecule has 0 fully saturated rings. The van der Waals surface area contributed by atoms with Crippen LogP contribution in [0.1, 0.15) is 53.9 Å². The third-order valence-electron chi connectivity index (χ3n) is 2.97. The maximum absolute atomic E-state index is 11.5. The fourth-order valence-corrected chi connectivity index (χ4v) is 2.00. The van der Waals surface area contributed by atoms with Crippen LogP contribution in [0.3, 0.4) is 0 Å². The molecule has 6 heteroatoms. The zero-order valence-electron chi connectivity index (χ0n) is 15.7. The number of methoxy groups -OCH3 is 1. The van der Waals surface area contributed by atoms with Gasteiger partial charge in [0.05, 0.1) is 12.7 Å². The number of nitrogens with one attached hydrogen (secondary N) is 2. The molecule has 0 rings (SSSR count). The van der Waals surface area contributed by atoms with Crippen molar-refractivity contribution in [3.8, 4) is 0 Å². The molecule has 23 heavy (non-hydrogen) atoms. The first-order chi connectivity index (χ1) is 10.7. The van der Waals surface area contributed by atoms with Crippen molar-refractivity contribution in [3.05, 3.63) is 0 Å². The van der Waals surface area contributed by atoms with Crippen molar-refractivity contribution in [1.82, 2.24) is 10.6 Å². The number of rotatable bonds is 12. The highest BCUT2D eigenvalue weighted by atomic mass is 16.6. The Labute approximate surface area is 141 Å². The van der Waals surface area contributed by atoms with Gasteiger partial charge in [-0.1, -0.05) is 0 Å². The summed E-state index contributed by atoms with van der Waals surface area (Å²) in [4.78, 5) is 11.5. The number of carbonyl (C=O) groups is 1. The normalized spacial score (nSPS) is 13.2. The van der Waals surface area contributed by atoms with Gasteiger partial charge < -0.3 is 24.8 Å². The summed E-state index contributed by atoms with van der Waals surface area (Å²) < 4.78 is 16.0. The molecular weight excluding hydrogens is 296 g/mol. The van der Waals surface area contributed by atoms with Gasteiger partial charge in [-0.3, -0.25) is 0 Å². The fraction of sp³-hybridized carbons (Fsp3) is 0.941. The molecule has 0 aliphatic carbocycles. The van der Waals surface area contributed by atoms with Crippen LogP contribution >= 0.6 is 0 Å². The predicted octanol–water partition coefficient (Wildman–Crippen LogP) is 2.71. The second-order valence-electron chi connectivity index (χ2n) is 6.95. The zero-order chi connectivity index (χ0) is 17.7. The van der Waals surface area contributed by atoms with Crippen molar-refractivity contribution in [2.24, 2.45) is 0 Å². The summed E-state index contributed by atoms with van der Waals surface area (Å²) in [5.41, 5.74) is -0.456. The number of ether oxygens (including phenoxy) is 3. The number of hydrogen-bond acceptors (Lipinski definition) is 5. The van der Waals surface area contributed by atoms with Gasteiger partial charge in [-0.15, -0.1) is 0 Å². The quantitative estimate of drug-likeness (QED) is 0.538. The van der Waals surface area contributed by atoms with Crippen LogP contribution in [0.5, 0.6) is 0 Å². The molecule has 0 aromatic heterocycles. The molecule has 0 radical (unpaired) electrons. The van der Waals surface area contributed by atoms with E-state index >= 15 is 0 Å². The van der Waals surface area contributed by atoms with Crippen LogP contribution in [0.15, 0.2) is 0 Å². The van der Waals surface area contributed by atoms with Gasteiger partial charge in [0.15, 0.2) is 0 Å². The average Bonchev–Trinajstić information content (AvgIpc) is 2.40. The Kier molecular flexibility index (Phi) is 12.1. The second kappa shape index (κ2) is 12.6. The molecule has 138 valence electrons. The molecule has 0 heterocycles. The van der Waals surface area contributed by atoms with Crippen LogP contribution in [-0.4, -0.2) is 57.3 Å². The lowest BCUT2D eigenvalue weighted by Crippen LogP contribution is -2.36. The minimum absolute atomic E-state index is 0.281. The summed E-state index contributed by atoms with van der Waals surface area (Å²) in [6.07, 6.45) is 2.72. The molecule has 0 saturated carbocycles. The Balaban J connectivity index is 3.77. The molecule has 0 saturated heterocycles. The van der Waals surface area contributed by atoms with E-state index in [1.165, 1.54) is 0 Å². The molecule has 1 amide bonds.